The molecule has 0 atom stereocenters. The summed E-state index contributed by atoms with van der Waals surface area (Å²) in [5.74, 6) is 0. The average Bonchev–Trinajstić information content (AvgIpc) is 2.82. The van der Waals surface area contributed by atoms with Crippen LogP contribution in [0.3, 0.4) is 0 Å². The molecule has 5 nitrogen and oxygen atoms in total. The Bertz CT molecular complexity index is 891. The Morgan fingerprint density at radius 2 is 2.00 bits per heavy atom. The highest BCUT2D eigenvalue weighted by molar-refractivity contribution is 7.14. The van der Waals surface area contributed by atoms with Crippen LogP contribution in [-0.2, 0) is 6.54 Å². The molecule has 1 aromatic carbocycles. The van der Waals surface area contributed by atoms with Gasteiger partial charge in [-0.15, -0.1) is 0 Å². The fourth-order valence-electron chi connectivity index (χ4n) is 2.42. The van der Waals surface area contributed by atoms with Crippen LogP contribution in [0.5, 0.6) is 0 Å². The van der Waals surface area contributed by atoms with Crippen molar-refractivity contribution in [3.63, 3.8) is 0 Å². The number of carbonyl (C=O) groups excluding carboxylic acids is 1. The van der Waals surface area contributed by atoms with E-state index < -0.39 is 6.03 Å². The minimum atomic E-state index is -0.424. The predicted octanol–water partition coefficient (Wildman–Crippen LogP) is 2.83. The average molecular weight is 313 g/mol. The third kappa shape index (κ3) is 2.78. The van der Waals surface area contributed by atoms with Crippen LogP contribution in [0.4, 0.5) is 4.79 Å². The Balaban J connectivity index is 1.81. The van der Waals surface area contributed by atoms with Gasteiger partial charge in [0.25, 0.3) is 5.56 Å². The highest BCUT2D eigenvalue weighted by Crippen LogP contribution is 2.13. The summed E-state index contributed by atoms with van der Waals surface area (Å²) in [4.78, 5) is 29.0. The maximum Gasteiger partial charge on any atom is 0.338 e. The van der Waals surface area contributed by atoms with Gasteiger partial charge in [0.2, 0.25) is 0 Å². The molecule has 0 fully saturated rings. The zero-order valence-electron chi connectivity index (χ0n) is 12.3. The fraction of sp³-hybridized carbons (Fsp3) is 0.188. The summed E-state index contributed by atoms with van der Waals surface area (Å²) >= 11 is 1.05. The van der Waals surface area contributed by atoms with E-state index in [1.54, 1.807) is 18.3 Å². The number of amides is 1. The van der Waals surface area contributed by atoms with E-state index >= 15 is 0 Å². The normalized spacial score (nSPS) is 10.8. The van der Waals surface area contributed by atoms with Crippen LogP contribution >= 0.6 is 11.5 Å². The van der Waals surface area contributed by atoms with E-state index in [1.165, 1.54) is 0 Å². The largest absolute Gasteiger partial charge is 0.338 e. The molecule has 0 aliphatic heterocycles. The SMILES string of the molecule is Cc1cc(C)cc(CNC(=O)n2sc3ncccc3c2=O)c1. The molecule has 0 unspecified atom stereocenters. The second kappa shape index (κ2) is 5.73. The molecular weight excluding hydrogens is 298 g/mol. The number of pyridine rings is 1. The molecule has 2 aromatic heterocycles. The highest BCUT2D eigenvalue weighted by atomic mass is 32.1. The minimum Gasteiger partial charge on any atom is -0.333 e. The Labute approximate surface area is 131 Å². The molecule has 0 saturated heterocycles. The van der Waals surface area contributed by atoms with E-state index in [4.69, 9.17) is 0 Å². The lowest BCUT2D eigenvalue weighted by atomic mass is 10.1. The van der Waals surface area contributed by atoms with E-state index in [9.17, 15) is 9.59 Å². The standard InChI is InChI=1S/C16H15N3O2S/c1-10-6-11(2)8-12(7-10)9-18-16(21)19-15(20)13-4-3-5-17-14(13)22-19/h3-8H,9H2,1-2H3,(H,18,21). The molecule has 1 amide bonds. The minimum absolute atomic E-state index is 0.328. The third-order valence-corrected chi connectivity index (χ3v) is 4.29. The van der Waals surface area contributed by atoms with Crippen molar-refractivity contribution in [2.75, 3.05) is 0 Å². The van der Waals surface area contributed by atoms with Crippen LogP contribution in [0.25, 0.3) is 10.2 Å². The summed E-state index contributed by atoms with van der Waals surface area (Å²) in [6.45, 7) is 4.41. The first-order chi connectivity index (χ1) is 10.5. The Kier molecular flexibility index (Phi) is 3.77. The number of fused-ring (bicyclic) bond motifs is 1. The highest BCUT2D eigenvalue weighted by Gasteiger charge is 2.14. The van der Waals surface area contributed by atoms with E-state index in [0.29, 0.717) is 16.8 Å². The van der Waals surface area contributed by atoms with Crippen molar-refractivity contribution in [2.45, 2.75) is 20.4 Å². The molecule has 0 aliphatic carbocycles. The topological polar surface area (TPSA) is 64.0 Å². The van der Waals surface area contributed by atoms with Crippen molar-refractivity contribution in [2.24, 2.45) is 0 Å². The van der Waals surface area contributed by atoms with E-state index in [0.717, 1.165) is 32.2 Å². The quantitative estimate of drug-likeness (QED) is 0.791. The number of carbonyl (C=O) groups is 1. The molecule has 0 saturated carbocycles. The first kappa shape index (κ1) is 14.5. The van der Waals surface area contributed by atoms with Gasteiger partial charge in [-0.25, -0.2) is 9.78 Å². The van der Waals surface area contributed by atoms with Gasteiger partial charge in [0.15, 0.2) is 0 Å². The van der Waals surface area contributed by atoms with Crippen molar-refractivity contribution in [3.8, 4) is 0 Å². The summed E-state index contributed by atoms with van der Waals surface area (Å²) in [7, 11) is 0. The van der Waals surface area contributed by atoms with Crippen molar-refractivity contribution < 1.29 is 4.79 Å². The lowest BCUT2D eigenvalue weighted by molar-refractivity contribution is 0.243. The van der Waals surface area contributed by atoms with Gasteiger partial charge in [0.1, 0.15) is 4.83 Å². The summed E-state index contributed by atoms with van der Waals surface area (Å²) in [6.07, 6.45) is 1.61. The lowest BCUT2D eigenvalue weighted by Crippen LogP contribution is -2.32. The predicted molar refractivity (Wildman–Crippen MR) is 87.4 cm³/mol. The van der Waals surface area contributed by atoms with Gasteiger partial charge >= 0.3 is 6.03 Å². The maximum absolute atomic E-state index is 12.2. The van der Waals surface area contributed by atoms with Gasteiger partial charge < -0.3 is 5.32 Å². The Morgan fingerprint density at radius 3 is 2.68 bits per heavy atom. The molecule has 22 heavy (non-hydrogen) atoms. The number of rotatable bonds is 2. The van der Waals surface area contributed by atoms with Gasteiger partial charge in [0.05, 0.1) is 5.39 Å². The Hall–Kier alpha value is -2.47. The van der Waals surface area contributed by atoms with E-state index in [2.05, 4.69) is 16.4 Å². The first-order valence-corrected chi connectivity index (χ1v) is 7.64. The number of aryl methyl sites for hydroxylation is 2. The van der Waals surface area contributed by atoms with Crippen LogP contribution in [-0.4, -0.2) is 15.0 Å². The van der Waals surface area contributed by atoms with Crippen LogP contribution in [0, 0.1) is 13.8 Å². The molecule has 0 bridgehead atoms. The number of nitrogens with one attached hydrogen (secondary N) is 1. The number of benzene rings is 1. The smallest absolute Gasteiger partial charge is 0.333 e. The third-order valence-electron chi connectivity index (χ3n) is 3.27. The van der Waals surface area contributed by atoms with Crippen LogP contribution < -0.4 is 10.9 Å². The van der Waals surface area contributed by atoms with Gasteiger partial charge in [0, 0.05) is 12.7 Å². The van der Waals surface area contributed by atoms with Crippen molar-refractivity contribution in [3.05, 3.63) is 63.6 Å². The van der Waals surface area contributed by atoms with Crippen LogP contribution in [0.2, 0.25) is 0 Å². The molecule has 6 heteroatoms. The van der Waals surface area contributed by atoms with Crippen LogP contribution in [0.15, 0.2) is 41.3 Å². The second-order valence-electron chi connectivity index (χ2n) is 5.20. The zero-order valence-corrected chi connectivity index (χ0v) is 13.1. The summed E-state index contributed by atoms with van der Waals surface area (Å²) in [5.41, 5.74) is 2.98. The molecule has 3 rings (SSSR count). The van der Waals surface area contributed by atoms with Gasteiger partial charge in [-0.05, 0) is 43.1 Å². The summed E-state index contributed by atoms with van der Waals surface area (Å²) < 4.78 is 1.11. The molecular formula is C16H15N3O2S. The van der Waals surface area contributed by atoms with Gasteiger partial charge in [-0.3, -0.25) is 4.79 Å². The molecule has 0 radical (unpaired) electrons. The molecule has 3 aromatic rings. The van der Waals surface area contributed by atoms with Crippen molar-refractivity contribution in [1.82, 2.24) is 14.3 Å². The molecule has 0 aliphatic rings. The number of hydrogen-bond donors (Lipinski definition) is 1. The summed E-state index contributed by atoms with van der Waals surface area (Å²) in [6, 6.07) is 9.05. The zero-order chi connectivity index (χ0) is 15.7. The number of nitrogens with zero attached hydrogens (tertiary/aromatic N) is 2. The van der Waals surface area contributed by atoms with Crippen molar-refractivity contribution >= 4 is 27.8 Å². The number of hydrogen-bond acceptors (Lipinski definition) is 4. The molecule has 0 spiro atoms. The van der Waals surface area contributed by atoms with Gasteiger partial charge in [-0.2, -0.15) is 3.96 Å². The van der Waals surface area contributed by atoms with E-state index in [-0.39, 0.29) is 5.56 Å². The monoisotopic (exact) mass is 313 g/mol. The summed E-state index contributed by atoms with van der Waals surface area (Å²) in [5, 5.41) is 3.24. The van der Waals surface area contributed by atoms with Gasteiger partial charge in [-0.1, -0.05) is 29.3 Å². The lowest BCUT2D eigenvalue weighted by Gasteiger charge is -2.06. The molecule has 112 valence electrons. The number of aromatic nitrogens is 2. The molecule has 1 N–H and O–H groups in total. The fourth-order valence-corrected chi connectivity index (χ4v) is 3.28. The second-order valence-corrected chi connectivity index (χ2v) is 6.14. The van der Waals surface area contributed by atoms with E-state index in [1.807, 2.05) is 26.0 Å². The molecule has 2 heterocycles. The Morgan fingerprint density at radius 1 is 1.27 bits per heavy atom. The van der Waals surface area contributed by atoms with Crippen molar-refractivity contribution in [1.29, 1.82) is 0 Å². The van der Waals surface area contributed by atoms with Crippen LogP contribution in [0.1, 0.15) is 16.7 Å². The maximum atomic E-state index is 12.2. The first-order valence-electron chi connectivity index (χ1n) is 6.87.